The number of likely N-dealkylation sites (tertiary alicyclic amines) is 1. The zero-order chi connectivity index (χ0) is 10.4. The van der Waals surface area contributed by atoms with Crippen LogP contribution in [-0.2, 0) is 0 Å². The van der Waals surface area contributed by atoms with Crippen LogP contribution >= 0.6 is 0 Å². The minimum atomic E-state index is 0.396. The zero-order valence-electron chi connectivity index (χ0n) is 9.84. The van der Waals surface area contributed by atoms with Crippen molar-refractivity contribution in [2.45, 2.75) is 52.0 Å². The highest BCUT2D eigenvalue weighted by Crippen LogP contribution is 2.19. The molecule has 0 aromatic heterocycles. The maximum atomic E-state index is 5.92. The van der Waals surface area contributed by atoms with E-state index in [4.69, 9.17) is 5.73 Å². The number of unbranched alkanes of at least 4 members (excludes halogenated alkanes) is 2. The topological polar surface area (TPSA) is 29.3 Å². The molecule has 1 fully saturated rings. The second-order valence-corrected chi connectivity index (χ2v) is 4.75. The number of nitrogens with two attached hydrogens (primary N) is 1. The van der Waals surface area contributed by atoms with Crippen LogP contribution in [0, 0.1) is 5.92 Å². The van der Waals surface area contributed by atoms with Crippen LogP contribution in [0.3, 0.4) is 0 Å². The summed E-state index contributed by atoms with van der Waals surface area (Å²) in [5.74, 6) is 0.775. The van der Waals surface area contributed by atoms with Gasteiger partial charge in [0.25, 0.3) is 0 Å². The first-order chi connectivity index (χ1) is 6.74. The van der Waals surface area contributed by atoms with Crippen molar-refractivity contribution in [2.24, 2.45) is 11.7 Å². The van der Waals surface area contributed by atoms with Crippen molar-refractivity contribution in [1.82, 2.24) is 4.90 Å². The lowest BCUT2D eigenvalue weighted by molar-refractivity contribution is 0.170. The predicted octanol–water partition coefficient (Wildman–Crippen LogP) is 2.24. The lowest BCUT2D eigenvalue weighted by Crippen LogP contribution is -2.40. The molecule has 0 aliphatic carbocycles. The van der Waals surface area contributed by atoms with Crippen LogP contribution in [0.2, 0.25) is 0 Å². The van der Waals surface area contributed by atoms with Crippen molar-refractivity contribution in [3.05, 3.63) is 0 Å². The molecule has 14 heavy (non-hydrogen) atoms. The largest absolute Gasteiger partial charge is 0.328 e. The van der Waals surface area contributed by atoms with Gasteiger partial charge in [0.1, 0.15) is 0 Å². The van der Waals surface area contributed by atoms with E-state index >= 15 is 0 Å². The Hall–Kier alpha value is -0.0800. The average molecular weight is 198 g/mol. The van der Waals surface area contributed by atoms with Crippen LogP contribution < -0.4 is 5.73 Å². The van der Waals surface area contributed by atoms with Gasteiger partial charge in [0.05, 0.1) is 0 Å². The Morgan fingerprint density at radius 1 is 1.29 bits per heavy atom. The highest BCUT2D eigenvalue weighted by atomic mass is 15.1. The van der Waals surface area contributed by atoms with E-state index in [1.54, 1.807) is 0 Å². The van der Waals surface area contributed by atoms with Gasteiger partial charge in [0, 0.05) is 6.04 Å². The minimum absolute atomic E-state index is 0.396. The first-order valence-corrected chi connectivity index (χ1v) is 6.22. The summed E-state index contributed by atoms with van der Waals surface area (Å²) in [7, 11) is 0. The Bertz CT molecular complexity index is 137. The summed E-state index contributed by atoms with van der Waals surface area (Å²) in [4.78, 5) is 2.61. The normalized spacial score (nSPS) is 22.5. The Balaban J connectivity index is 2.09. The van der Waals surface area contributed by atoms with Gasteiger partial charge >= 0.3 is 0 Å². The summed E-state index contributed by atoms with van der Waals surface area (Å²) in [5.41, 5.74) is 5.92. The Morgan fingerprint density at radius 2 is 1.93 bits per heavy atom. The summed E-state index contributed by atoms with van der Waals surface area (Å²) < 4.78 is 0. The third kappa shape index (κ3) is 3.97. The van der Waals surface area contributed by atoms with Crippen LogP contribution in [0.15, 0.2) is 0 Å². The van der Waals surface area contributed by atoms with Crippen LogP contribution in [0.5, 0.6) is 0 Å². The molecule has 1 heterocycles. The summed E-state index contributed by atoms with van der Waals surface area (Å²) in [5, 5.41) is 0. The van der Waals surface area contributed by atoms with Gasteiger partial charge in [0.2, 0.25) is 0 Å². The van der Waals surface area contributed by atoms with Gasteiger partial charge in [-0.1, -0.05) is 19.8 Å². The van der Waals surface area contributed by atoms with Crippen molar-refractivity contribution in [1.29, 1.82) is 0 Å². The van der Waals surface area contributed by atoms with Crippen molar-refractivity contribution >= 4 is 0 Å². The SMILES string of the molecule is CCCCCN1CCC(C(C)N)CC1. The second kappa shape index (κ2) is 6.41. The average Bonchev–Trinajstić information content (AvgIpc) is 2.19. The predicted molar refractivity (Wildman–Crippen MR) is 62.3 cm³/mol. The van der Waals surface area contributed by atoms with Gasteiger partial charge in [-0.25, -0.2) is 0 Å². The molecule has 0 aromatic carbocycles. The van der Waals surface area contributed by atoms with Gasteiger partial charge < -0.3 is 10.6 Å². The van der Waals surface area contributed by atoms with Crippen LogP contribution in [0.1, 0.15) is 46.0 Å². The molecule has 1 saturated heterocycles. The summed E-state index contributed by atoms with van der Waals surface area (Å²) in [6.07, 6.45) is 6.70. The van der Waals surface area contributed by atoms with Crippen molar-refractivity contribution in [2.75, 3.05) is 19.6 Å². The molecule has 0 bridgehead atoms. The van der Waals surface area contributed by atoms with E-state index in [0.29, 0.717) is 6.04 Å². The van der Waals surface area contributed by atoms with Gasteiger partial charge in [-0.15, -0.1) is 0 Å². The fraction of sp³-hybridized carbons (Fsp3) is 1.00. The van der Waals surface area contributed by atoms with Gasteiger partial charge in [0.15, 0.2) is 0 Å². The van der Waals surface area contributed by atoms with Crippen LogP contribution in [0.25, 0.3) is 0 Å². The monoisotopic (exact) mass is 198 g/mol. The third-order valence-electron chi connectivity index (χ3n) is 3.45. The van der Waals surface area contributed by atoms with Crippen molar-refractivity contribution in [3.63, 3.8) is 0 Å². The first kappa shape index (κ1) is 12.0. The molecule has 0 radical (unpaired) electrons. The van der Waals surface area contributed by atoms with Crippen LogP contribution in [-0.4, -0.2) is 30.6 Å². The molecule has 2 nitrogen and oxygen atoms in total. The quantitative estimate of drug-likeness (QED) is 0.686. The fourth-order valence-corrected chi connectivity index (χ4v) is 2.29. The Morgan fingerprint density at radius 3 is 2.43 bits per heavy atom. The van der Waals surface area contributed by atoms with E-state index < -0.39 is 0 Å². The van der Waals surface area contributed by atoms with E-state index in [2.05, 4.69) is 18.7 Å². The molecule has 1 aliphatic rings. The van der Waals surface area contributed by atoms with E-state index in [-0.39, 0.29) is 0 Å². The molecule has 1 aliphatic heterocycles. The molecule has 2 N–H and O–H groups in total. The second-order valence-electron chi connectivity index (χ2n) is 4.75. The highest BCUT2D eigenvalue weighted by Gasteiger charge is 2.20. The molecular formula is C12H26N2. The lowest BCUT2D eigenvalue weighted by atomic mass is 9.91. The first-order valence-electron chi connectivity index (χ1n) is 6.22. The maximum Gasteiger partial charge on any atom is 0.00397 e. The number of hydrogen-bond donors (Lipinski definition) is 1. The summed E-state index contributed by atoms with van der Waals surface area (Å²) in [6.45, 7) is 8.27. The maximum absolute atomic E-state index is 5.92. The zero-order valence-corrected chi connectivity index (χ0v) is 9.84. The fourth-order valence-electron chi connectivity index (χ4n) is 2.29. The van der Waals surface area contributed by atoms with E-state index in [1.807, 2.05) is 0 Å². The number of rotatable bonds is 5. The highest BCUT2D eigenvalue weighted by molar-refractivity contribution is 4.77. The number of hydrogen-bond acceptors (Lipinski definition) is 2. The van der Waals surface area contributed by atoms with Gasteiger partial charge in [-0.05, 0) is 51.7 Å². The molecular weight excluding hydrogens is 172 g/mol. The number of nitrogens with zero attached hydrogens (tertiary/aromatic N) is 1. The third-order valence-corrected chi connectivity index (χ3v) is 3.45. The molecule has 1 atom stereocenters. The van der Waals surface area contributed by atoms with E-state index in [0.717, 1.165) is 5.92 Å². The number of piperidine rings is 1. The van der Waals surface area contributed by atoms with Crippen molar-refractivity contribution < 1.29 is 0 Å². The van der Waals surface area contributed by atoms with Gasteiger partial charge in [-0.2, -0.15) is 0 Å². The van der Waals surface area contributed by atoms with E-state index in [1.165, 1.54) is 51.7 Å². The molecule has 1 rings (SSSR count). The van der Waals surface area contributed by atoms with Gasteiger partial charge in [-0.3, -0.25) is 0 Å². The van der Waals surface area contributed by atoms with Crippen molar-refractivity contribution in [3.8, 4) is 0 Å². The van der Waals surface area contributed by atoms with E-state index in [9.17, 15) is 0 Å². The minimum Gasteiger partial charge on any atom is -0.328 e. The molecule has 1 unspecified atom stereocenters. The Labute approximate surface area is 88.8 Å². The molecule has 2 heteroatoms. The summed E-state index contributed by atoms with van der Waals surface area (Å²) in [6, 6.07) is 0.396. The lowest BCUT2D eigenvalue weighted by Gasteiger charge is -2.33. The molecule has 0 spiro atoms. The molecule has 0 aromatic rings. The molecule has 0 amide bonds. The smallest absolute Gasteiger partial charge is 0.00397 e. The standard InChI is InChI=1S/C12H26N2/c1-3-4-5-8-14-9-6-12(7-10-14)11(2)13/h11-12H,3-10,13H2,1-2H3. The summed E-state index contributed by atoms with van der Waals surface area (Å²) >= 11 is 0. The molecule has 84 valence electrons. The Kier molecular flexibility index (Phi) is 5.49. The van der Waals surface area contributed by atoms with Crippen LogP contribution in [0.4, 0.5) is 0 Å². The molecule has 0 saturated carbocycles.